The number of hydrogen-bond donors (Lipinski definition) is 1. The largest absolute Gasteiger partial charge is 0.396 e. The number of carbonyl (C=O) groups is 1. The van der Waals surface area contributed by atoms with Crippen molar-refractivity contribution in [1.82, 2.24) is 14.7 Å². The van der Waals surface area contributed by atoms with Gasteiger partial charge in [-0.05, 0) is 33.1 Å². The molecule has 2 heterocycles. The number of carbonyl (C=O) groups excluding carboxylic acids is 1. The molecule has 2 atom stereocenters. The zero-order valence-electron chi connectivity index (χ0n) is 11.4. The maximum atomic E-state index is 12.5. The Bertz CT molecular complexity index is 440. The number of nitrogens with zero attached hydrogens (tertiary/aromatic N) is 3. The number of nitrogens with two attached hydrogens (primary N) is 1. The van der Waals surface area contributed by atoms with Crippen LogP contribution in [0.4, 0.5) is 5.69 Å². The third-order valence-corrected chi connectivity index (χ3v) is 3.81. The van der Waals surface area contributed by atoms with Gasteiger partial charge in [-0.25, -0.2) is 0 Å². The van der Waals surface area contributed by atoms with Gasteiger partial charge in [0, 0.05) is 24.8 Å². The van der Waals surface area contributed by atoms with E-state index in [1.165, 1.54) is 0 Å². The Morgan fingerprint density at radius 2 is 2.22 bits per heavy atom. The first-order valence-electron chi connectivity index (χ1n) is 6.74. The molecule has 1 amide bonds. The van der Waals surface area contributed by atoms with Crippen LogP contribution in [-0.2, 0) is 6.54 Å². The predicted octanol–water partition coefficient (Wildman–Crippen LogP) is 1.89. The molecule has 18 heavy (non-hydrogen) atoms. The highest BCUT2D eigenvalue weighted by atomic mass is 16.2. The lowest BCUT2D eigenvalue weighted by Crippen LogP contribution is -2.40. The van der Waals surface area contributed by atoms with E-state index in [-0.39, 0.29) is 11.9 Å². The minimum absolute atomic E-state index is 0.0171. The van der Waals surface area contributed by atoms with Crippen LogP contribution in [0.15, 0.2) is 6.20 Å². The molecule has 1 fully saturated rings. The number of aryl methyl sites for hydroxylation is 1. The van der Waals surface area contributed by atoms with Crippen LogP contribution in [0.5, 0.6) is 0 Å². The summed E-state index contributed by atoms with van der Waals surface area (Å²) in [7, 11) is 0. The number of anilines is 1. The molecule has 2 rings (SSSR count). The zero-order chi connectivity index (χ0) is 13.3. The van der Waals surface area contributed by atoms with Gasteiger partial charge in [-0.1, -0.05) is 6.92 Å². The van der Waals surface area contributed by atoms with Gasteiger partial charge < -0.3 is 10.6 Å². The standard InChI is InChI=1S/C13H22N4O/c1-4-10-7-6-9(3)17(10)13(18)12-11(14)8-16(5-2)15-12/h8-10H,4-7,14H2,1-3H3. The van der Waals surface area contributed by atoms with Crippen molar-refractivity contribution >= 4 is 11.6 Å². The molecule has 0 bridgehead atoms. The van der Waals surface area contributed by atoms with E-state index in [9.17, 15) is 4.79 Å². The van der Waals surface area contributed by atoms with Gasteiger partial charge in [0.1, 0.15) is 0 Å². The Kier molecular flexibility index (Phi) is 3.59. The molecule has 2 unspecified atom stereocenters. The number of likely N-dealkylation sites (tertiary alicyclic amines) is 1. The van der Waals surface area contributed by atoms with Crippen molar-refractivity contribution in [2.45, 2.75) is 58.7 Å². The summed E-state index contributed by atoms with van der Waals surface area (Å²) < 4.78 is 1.71. The fourth-order valence-corrected chi connectivity index (χ4v) is 2.73. The summed E-state index contributed by atoms with van der Waals surface area (Å²) in [4.78, 5) is 14.5. The Labute approximate surface area is 108 Å². The Morgan fingerprint density at radius 3 is 2.78 bits per heavy atom. The van der Waals surface area contributed by atoms with Gasteiger partial charge in [0.25, 0.3) is 5.91 Å². The van der Waals surface area contributed by atoms with E-state index < -0.39 is 0 Å². The van der Waals surface area contributed by atoms with Crippen LogP contribution in [0, 0.1) is 0 Å². The van der Waals surface area contributed by atoms with Gasteiger partial charge in [-0.3, -0.25) is 9.48 Å². The summed E-state index contributed by atoms with van der Waals surface area (Å²) in [6.45, 7) is 6.93. The van der Waals surface area contributed by atoms with Crippen molar-refractivity contribution in [2.75, 3.05) is 5.73 Å². The Balaban J connectivity index is 2.26. The van der Waals surface area contributed by atoms with E-state index in [0.29, 0.717) is 17.4 Å². The molecule has 0 saturated carbocycles. The van der Waals surface area contributed by atoms with Crippen molar-refractivity contribution in [2.24, 2.45) is 0 Å². The summed E-state index contributed by atoms with van der Waals surface area (Å²) in [5.41, 5.74) is 6.78. The van der Waals surface area contributed by atoms with Crippen LogP contribution in [0.3, 0.4) is 0 Å². The quantitative estimate of drug-likeness (QED) is 0.891. The van der Waals surface area contributed by atoms with Crippen LogP contribution >= 0.6 is 0 Å². The molecule has 0 aromatic carbocycles. The lowest BCUT2D eigenvalue weighted by molar-refractivity contribution is 0.0670. The van der Waals surface area contributed by atoms with E-state index in [4.69, 9.17) is 5.73 Å². The van der Waals surface area contributed by atoms with Crippen LogP contribution in [-0.4, -0.2) is 32.7 Å². The Hall–Kier alpha value is -1.52. The highest BCUT2D eigenvalue weighted by Gasteiger charge is 2.35. The number of nitrogen functional groups attached to an aromatic ring is 1. The maximum absolute atomic E-state index is 12.5. The van der Waals surface area contributed by atoms with E-state index in [1.807, 2.05) is 11.8 Å². The molecular formula is C13H22N4O. The van der Waals surface area contributed by atoms with E-state index in [1.54, 1.807) is 10.9 Å². The highest BCUT2D eigenvalue weighted by molar-refractivity contribution is 5.97. The normalized spacial score (nSPS) is 23.6. The van der Waals surface area contributed by atoms with Gasteiger partial charge in [-0.15, -0.1) is 0 Å². The summed E-state index contributed by atoms with van der Waals surface area (Å²) in [6, 6.07) is 0.618. The second-order valence-corrected chi connectivity index (χ2v) is 4.99. The fraction of sp³-hybridized carbons (Fsp3) is 0.692. The third-order valence-electron chi connectivity index (χ3n) is 3.81. The second kappa shape index (κ2) is 5.00. The molecule has 0 spiro atoms. The average molecular weight is 250 g/mol. The van der Waals surface area contributed by atoms with Crippen LogP contribution in [0.25, 0.3) is 0 Å². The minimum Gasteiger partial charge on any atom is -0.396 e. The number of aromatic nitrogens is 2. The molecule has 100 valence electrons. The first-order valence-corrected chi connectivity index (χ1v) is 6.74. The molecule has 1 aliphatic rings. The predicted molar refractivity (Wildman–Crippen MR) is 71.3 cm³/mol. The minimum atomic E-state index is -0.0171. The van der Waals surface area contributed by atoms with Crippen molar-refractivity contribution < 1.29 is 4.79 Å². The second-order valence-electron chi connectivity index (χ2n) is 4.99. The molecule has 1 saturated heterocycles. The topological polar surface area (TPSA) is 64.2 Å². The highest BCUT2D eigenvalue weighted by Crippen LogP contribution is 2.28. The van der Waals surface area contributed by atoms with E-state index in [2.05, 4.69) is 18.9 Å². The lowest BCUT2D eigenvalue weighted by atomic mass is 10.1. The summed E-state index contributed by atoms with van der Waals surface area (Å²) in [5, 5.41) is 4.28. The van der Waals surface area contributed by atoms with Gasteiger partial charge in [0.2, 0.25) is 0 Å². The third kappa shape index (κ3) is 2.09. The van der Waals surface area contributed by atoms with Gasteiger partial charge in [0.05, 0.1) is 5.69 Å². The van der Waals surface area contributed by atoms with Crippen LogP contribution in [0.1, 0.15) is 50.5 Å². The first kappa shape index (κ1) is 12.9. The van der Waals surface area contributed by atoms with Crippen molar-refractivity contribution in [1.29, 1.82) is 0 Å². The van der Waals surface area contributed by atoms with E-state index >= 15 is 0 Å². The molecule has 0 aliphatic carbocycles. The van der Waals surface area contributed by atoms with Crippen LogP contribution in [0.2, 0.25) is 0 Å². The summed E-state index contributed by atoms with van der Waals surface area (Å²) in [5.74, 6) is -0.0171. The number of amides is 1. The van der Waals surface area contributed by atoms with Crippen molar-refractivity contribution in [3.8, 4) is 0 Å². The molecule has 1 aliphatic heterocycles. The first-order chi connectivity index (χ1) is 8.58. The molecule has 1 aromatic rings. The smallest absolute Gasteiger partial charge is 0.276 e. The SMILES string of the molecule is CCC1CCC(C)N1C(=O)c1nn(CC)cc1N. The lowest BCUT2D eigenvalue weighted by Gasteiger charge is -2.27. The zero-order valence-corrected chi connectivity index (χ0v) is 11.4. The number of rotatable bonds is 3. The van der Waals surface area contributed by atoms with Gasteiger partial charge in [-0.2, -0.15) is 5.10 Å². The summed E-state index contributed by atoms with van der Waals surface area (Å²) in [6.07, 6.45) is 4.87. The molecule has 5 nitrogen and oxygen atoms in total. The number of hydrogen-bond acceptors (Lipinski definition) is 3. The average Bonchev–Trinajstić information content (AvgIpc) is 2.91. The van der Waals surface area contributed by atoms with Gasteiger partial charge >= 0.3 is 0 Å². The molecule has 2 N–H and O–H groups in total. The van der Waals surface area contributed by atoms with Crippen LogP contribution < -0.4 is 5.73 Å². The molecular weight excluding hydrogens is 228 g/mol. The fourth-order valence-electron chi connectivity index (χ4n) is 2.73. The summed E-state index contributed by atoms with van der Waals surface area (Å²) >= 11 is 0. The maximum Gasteiger partial charge on any atom is 0.276 e. The van der Waals surface area contributed by atoms with Gasteiger partial charge in [0.15, 0.2) is 5.69 Å². The monoisotopic (exact) mass is 250 g/mol. The van der Waals surface area contributed by atoms with E-state index in [0.717, 1.165) is 25.8 Å². The van der Waals surface area contributed by atoms with Crippen molar-refractivity contribution in [3.05, 3.63) is 11.9 Å². The molecule has 5 heteroatoms. The molecule has 0 radical (unpaired) electrons. The Morgan fingerprint density at radius 1 is 1.50 bits per heavy atom. The van der Waals surface area contributed by atoms with Crippen molar-refractivity contribution in [3.63, 3.8) is 0 Å². The molecule has 1 aromatic heterocycles.